The van der Waals surface area contributed by atoms with Crippen molar-refractivity contribution in [1.82, 2.24) is 4.98 Å². The van der Waals surface area contributed by atoms with Crippen LogP contribution in [-0.4, -0.2) is 4.98 Å². The van der Waals surface area contributed by atoms with Gasteiger partial charge in [0.1, 0.15) is 7.05 Å². The van der Waals surface area contributed by atoms with Crippen LogP contribution in [0.15, 0.2) is 47.0 Å². The number of benzene rings is 1. The minimum absolute atomic E-state index is 0.0589. The second kappa shape index (κ2) is 7.05. The standard InChI is InChI=1S/C25H29N2O/c1-15(2)13-19-8-10-21-20-9-7-17(5)23(24(20)28-25(21)26-19)22-14-18(16(3)4)11-12-27(22)6/h7-12,14-16H,13H2,1-6H3/q+1/i1D3,3D3,15D,16D. The lowest BCUT2D eigenvalue weighted by atomic mass is 9.97. The van der Waals surface area contributed by atoms with Crippen LogP contribution in [0.25, 0.3) is 33.3 Å². The number of pyridine rings is 2. The third kappa shape index (κ3) is 3.19. The fourth-order valence-electron chi connectivity index (χ4n) is 3.60. The van der Waals surface area contributed by atoms with Gasteiger partial charge in [-0.1, -0.05) is 39.7 Å². The molecule has 3 heterocycles. The predicted molar refractivity (Wildman–Crippen MR) is 115 cm³/mol. The normalized spacial score (nSPS) is 21.3. The van der Waals surface area contributed by atoms with E-state index in [9.17, 15) is 0 Å². The number of fused-ring (bicyclic) bond motifs is 3. The quantitative estimate of drug-likeness (QED) is 0.400. The maximum Gasteiger partial charge on any atom is 0.227 e. The van der Waals surface area contributed by atoms with Gasteiger partial charge in [0.25, 0.3) is 0 Å². The Kier molecular flexibility index (Phi) is 2.86. The van der Waals surface area contributed by atoms with Gasteiger partial charge in [-0.3, -0.25) is 0 Å². The molecule has 0 aliphatic carbocycles. The van der Waals surface area contributed by atoms with E-state index >= 15 is 0 Å². The summed E-state index contributed by atoms with van der Waals surface area (Å²) in [7, 11) is 1.84. The van der Waals surface area contributed by atoms with Gasteiger partial charge >= 0.3 is 0 Å². The molecule has 3 aromatic heterocycles. The Hall–Kier alpha value is -2.68. The molecule has 2 unspecified atom stereocenters. The second-order valence-corrected chi connectivity index (χ2v) is 7.39. The van der Waals surface area contributed by atoms with E-state index in [1.54, 1.807) is 24.4 Å². The van der Waals surface area contributed by atoms with Crippen molar-refractivity contribution in [3.63, 3.8) is 0 Å². The highest BCUT2D eigenvalue weighted by molar-refractivity contribution is 6.08. The van der Waals surface area contributed by atoms with Crippen LogP contribution in [0.5, 0.6) is 0 Å². The van der Waals surface area contributed by atoms with Crippen LogP contribution >= 0.6 is 0 Å². The van der Waals surface area contributed by atoms with Crippen LogP contribution in [0.3, 0.4) is 0 Å². The first-order chi connectivity index (χ1) is 16.4. The van der Waals surface area contributed by atoms with Crippen molar-refractivity contribution in [2.45, 2.75) is 46.8 Å². The van der Waals surface area contributed by atoms with Gasteiger partial charge < -0.3 is 4.42 Å². The van der Waals surface area contributed by atoms with Crippen LogP contribution in [0, 0.1) is 12.8 Å². The lowest BCUT2D eigenvalue weighted by Crippen LogP contribution is -2.31. The molecule has 0 N–H and O–H groups in total. The first kappa shape index (κ1) is 11.4. The minimum Gasteiger partial charge on any atom is -0.437 e. The molecule has 3 nitrogen and oxygen atoms in total. The maximum absolute atomic E-state index is 8.53. The van der Waals surface area contributed by atoms with Gasteiger partial charge in [0.2, 0.25) is 11.4 Å². The molecule has 4 aromatic rings. The van der Waals surface area contributed by atoms with Crippen LogP contribution in [0.2, 0.25) is 0 Å². The zero-order valence-electron chi connectivity index (χ0n) is 24.6. The van der Waals surface area contributed by atoms with Gasteiger partial charge in [-0.25, -0.2) is 9.55 Å². The molecular formula is C25H29N2O+. The van der Waals surface area contributed by atoms with Crippen molar-refractivity contribution in [3.8, 4) is 11.3 Å². The van der Waals surface area contributed by atoms with E-state index in [1.807, 2.05) is 36.7 Å². The topological polar surface area (TPSA) is 29.9 Å². The van der Waals surface area contributed by atoms with E-state index in [0.29, 0.717) is 28.2 Å². The summed E-state index contributed by atoms with van der Waals surface area (Å²) in [5.74, 6) is -3.49. The van der Waals surface area contributed by atoms with Crippen molar-refractivity contribution in [2.75, 3.05) is 0 Å². The zero-order valence-corrected chi connectivity index (χ0v) is 16.6. The lowest BCUT2D eigenvalue weighted by Gasteiger charge is -2.09. The second-order valence-electron chi connectivity index (χ2n) is 7.39. The molecule has 0 radical (unpaired) electrons. The highest BCUT2D eigenvalue weighted by Crippen LogP contribution is 2.37. The molecule has 144 valence electrons. The van der Waals surface area contributed by atoms with Gasteiger partial charge in [0.05, 0.1) is 5.56 Å². The van der Waals surface area contributed by atoms with E-state index in [0.717, 1.165) is 21.9 Å². The van der Waals surface area contributed by atoms with Crippen LogP contribution in [0.1, 0.15) is 61.2 Å². The Bertz CT molecular complexity index is 1470. The molecule has 0 spiro atoms. The number of aromatic nitrogens is 2. The van der Waals surface area contributed by atoms with Crippen molar-refractivity contribution in [1.29, 1.82) is 0 Å². The fraction of sp³-hybridized carbons (Fsp3) is 0.360. The molecule has 0 saturated carbocycles. The molecule has 3 heteroatoms. The summed E-state index contributed by atoms with van der Waals surface area (Å²) in [5.41, 5.74) is 4.06. The Morgan fingerprint density at radius 3 is 2.75 bits per heavy atom. The largest absolute Gasteiger partial charge is 0.437 e. The molecular weight excluding hydrogens is 344 g/mol. The minimum atomic E-state index is -2.51. The summed E-state index contributed by atoms with van der Waals surface area (Å²) in [5, 5.41) is 1.56. The Morgan fingerprint density at radius 1 is 1.14 bits per heavy atom. The Balaban J connectivity index is 1.91. The fourth-order valence-corrected chi connectivity index (χ4v) is 3.60. The highest BCUT2D eigenvalue weighted by atomic mass is 16.3. The van der Waals surface area contributed by atoms with Gasteiger partial charge in [-0.15, -0.1) is 0 Å². The maximum atomic E-state index is 8.53. The van der Waals surface area contributed by atoms with E-state index in [-0.39, 0.29) is 6.42 Å². The number of hydrogen-bond acceptors (Lipinski definition) is 2. The number of hydrogen-bond donors (Lipinski definition) is 0. The Labute approximate surface area is 178 Å². The van der Waals surface area contributed by atoms with E-state index in [2.05, 4.69) is 4.98 Å². The summed E-state index contributed by atoms with van der Waals surface area (Å²) in [6.07, 6.45) is 1.68. The van der Waals surface area contributed by atoms with Crippen LogP contribution in [-0.2, 0) is 13.5 Å². The third-order valence-electron chi connectivity index (χ3n) is 5.06. The average molecular weight is 382 g/mol. The summed E-state index contributed by atoms with van der Waals surface area (Å²) in [4.78, 5) is 4.54. The van der Waals surface area contributed by atoms with Crippen LogP contribution < -0.4 is 4.57 Å². The van der Waals surface area contributed by atoms with E-state index in [4.69, 9.17) is 15.4 Å². The van der Waals surface area contributed by atoms with Crippen molar-refractivity contribution in [2.24, 2.45) is 12.9 Å². The van der Waals surface area contributed by atoms with Gasteiger partial charge in [0, 0.05) is 39.6 Å². The molecule has 1 aromatic carbocycles. The lowest BCUT2D eigenvalue weighted by molar-refractivity contribution is -0.660. The Morgan fingerprint density at radius 2 is 1.96 bits per heavy atom. The predicted octanol–water partition coefficient (Wildman–Crippen LogP) is 6.10. The van der Waals surface area contributed by atoms with Gasteiger partial charge in [0.15, 0.2) is 11.8 Å². The van der Waals surface area contributed by atoms with Crippen molar-refractivity contribution >= 4 is 22.1 Å². The first-order valence-corrected chi connectivity index (χ1v) is 9.26. The number of rotatable bonds is 4. The SMILES string of the molecule is [2H]C([2H])([2H])C([2H])(C)Cc1ccc2c(n1)oc1c(-c3cc(C([2H])(C)C([2H])([2H])[2H])cc[n+]3C)c(C)ccc12. The summed E-state index contributed by atoms with van der Waals surface area (Å²) >= 11 is 0. The summed E-state index contributed by atoms with van der Waals surface area (Å²) < 4.78 is 71.3. The summed E-state index contributed by atoms with van der Waals surface area (Å²) in [6.45, 7) is -0.273. The first-order valence-electron chi connectivity index (χ1n) is 13.3. The van der Waals surface area contributed by atoms with Crippen molar-refractivity contribution in [3.05, 3.63) is 59.4 Å². The monoisotopic (exact) mass is 381 g/mol. The number of aryl methyl sites for hydroxylation is 2. The molecule has 4 rings (SSSR count). The van der Waals surface area contributed by atoms with Crippen LogP contribution in [0.4, 0.5) is 0 Å². The smallest absolute Gasteiger partial charge is 0.227 e. The average Bonchev–Trinajstić information content (AvgIpc) is 3.10. The van der Waals surface area contributed by atoms with Gasteiger partial charge in [-0.05, 0) is 48.4 Å². The summed E-state index contributed by atoms with van der Waals surface area (Å²) in [6, 6.07) is 10.8. The van der Waals surface area contributed by atoms with E-state index < -0.39 is 25.5 Å². The third-order valence-corrected chi connectivity index (χ3v) is 5.06. The van der Waals surface area contributed by atoms with Gasteiger partial charge in [-0.2, -0.15) is 0 Å². The molecule has 0 saturated heterocycles. The molecule has 0 amide bonds. The highest BCUT2D eigenvalue weighted by Gasteiger charge is 2.22. The number of nitrogens with zero attached hydrogens (tertiary/aromatic N) is 2. The molecule has 2 atom stereocenters. The molecule has 0 fully saturated rings. The zero-order chi connectivity index (χ0) is 26.8. The van der Waals surface area contributed by atoms with Crippen molar-refractivity contribution < 1.29 is 20.0 Å². The molecule has 0 bridgehead atoms. The van der Waals surface area contributed by atoms with E-state index in [1.165, 1.54) is 13.8 Å². The molecule has 28 heavy (non-hydrogen) atoms. The molecule has 0 aliphatic rings. The number of furan rings is 1. The molecule has 0 aliphatic heterocycles.